The minimum absolute atomic E-state index is 0.783. The first-order valence-corrected chi connectivity index (χ1v) is 7.73. The van der Waals surface area contributed by atoms with Crippen molar-refractivity contribution in [1.82, 2.24) is 19.1 Å². The molecular formula is C13H19N5S. The van der Waals surface area contributed by atoms with E-state index in [1.807, 2.05) is 6.33 Å². The molecule has 0 saturated carbocycles. The third-order valence-electron chi connectivity index (χ3n) is 3.52. The predicted octanol–water partition coefficient (Wildman–Crippen LogP) is 2.48. The number of rotatable bonds is 5. The topological polar surface area (TPSA) is 55.6 Å². The Labute approximate surface area is 117 Å². The molecule has 2 heterocycles. The summed E-state index contributed by atoms with van der Waals surface area (Å²) >= 11 is 1.44. The molecule has 0 unspecified atom stereocenters. The molecule has 19 heavy (non-hydrogen) atoms. The average molecular weight is 277 g/mol. The van der Waals surface area contributed by atoms with E-state index >= 15 is 0 Å². The van der Waals surface area contributed by atoms with Crippen molar-refractivity contribution in [2.75, 3.05) is 11.9 Å². The third kappa shape index (κ3) is 2.63. The third-order valence-corrected chi connectivity index (χ3v) is 4.25. The van der Waals surface area contributed by atoms with Crippen molar-refractivity contribution in [2.24, 2.45) is 0 Å². The summed E-state index contributed by atoms with van der Waals surface area (Å²) in [4.78, 5) is 4.53. The fraction of sp³-hybridized carbons (Fsp3) is 0.615. The summed E-state index contributed by atoms with van der Waals surface area (Å²) in [7, 11) is 0. The molecule has 5 nitrogen and oxygen atoms in total. The minimum atomic E-state index is 0.783. The number of nitrogens with zero attached hydrogens (tertiary/aromatic N) is 4. The van der Waals surface area contributed by atoms with Crippen LogP contribution in [0.15, 0.2) is 6.33 Å². The van der Waals surface area contributed by atoms with Crippen molar-refractivity contribution in [3.8, 4) is 0 Å². The Morgan fingerprint density at radius 3 is 3.16 bits per heavy atom. The van der Waals surface area contributed by atoms with Crippen LogP contribution in [0.2, 0.25) is 0 Å². The number of fused-ring (bicyclic) bond motifs is 1. The van der Waals surface area contributed by atoms with Gasteiger partial charge in [-0.25, -0.2) is 4.98 Å². The van der Waals surface area contributed by atoms with Crippen molar-refractivity contribution in [2.45, 2.75) is 45.6 Å². The molecule has 0 bridgehead atoms. The average Bonchev–Trinajstić information content (AvgIpc) is 3.05. The van der Waals surface area contributed by atoms with Gasteiger partial charge in [-0.3, -0.25) is 0 Å². The molecule has 6 heteroatoms. The Balaban J connectivity index is 1.78. The summed E-state index contributed by atoms with van der Waals surface area (Å²) in [5.41, 5.74) is 3.70. The lowest BCUT2D eigenvalue weighted by molar-refractivity contribution is 0.625. The Kier molecular flexibility index (Phi) is 3.77. The van der Waals surface area contributed by atoms with E-state index < -0.39 is 0 Å². The van der Waals surface area contributed by atoms with Crippen LogP contribution in [-0.2, 0) is 19.4 Å². The number of aryl methyl sites for hydroxylation is 1. The zero-order chi connectivity index (χ0) is 13.1. The summed E-state index contributed by atoms with van der Waals surface area (Å²) in [5.74, 6) is 0. The fourth-order valence-electron chi connectivity index (χ4n) is 2.51. The highest BCUT2D eigenvalue weighted by atomic mass is 32.1. The van der Waals surface area contributed by atoms with Gasteiger partial charge >= 0.3 is 0 Å². The summed E-state index contributed by atoms with van der Waals surface area (Å²) in [5, 5.41) is 8.74. The summed E-state index contributed by atoms with van der Waals surface area (Å²) in [6, 6.07) is 0. The number of aromatic nitrogens is 4. The van der Waals surface area contributed by atoms with Crippen molar-refractivity contribution >= 4 is 16.5 Å². The molecule has 2 aromatic heterocycles. The van der Waals surface area contributed by atoms with Crippen LogP contribution in [0, 0.1) is 0 Å². The van der Waals surface area contributed by atoms with Crippen LogP contribution in [0.5, 0.6) is 0 Å². The molecule has 0 radical (unpaired) electrons. The summed E-state index contributed by atoms with van der Waals surface area (Å²) in [6.45, 7) is 3.91. The quantitative estimate of drug-likeness (QED) is 0.912. The van der Waals surface area contributed by atoms with Gasteiger partial charge in [0.05, 0.1) is 18.6 Å². The molecule has 0 amide bonds. The molecule has 2 aromatic rings. The molecule has 3 rings (SSSR count). The van der Waals surface area contributed by atoms with Crippen LogP contribution in [0.3, 0.4) is 0 Å². The Morgan fingerprint density at radius 1 is 1.37 bits per heavy atom. The van der Waals surface area contributed by atoms with Gasteiger partial charge in [0.15, 0.2) is 0 Å². The molecule has 0 spiro atoms. The summed E-state index contributed by atoms with van der Waals surface area (Å²) in [6.07, 6.45) is 7.88. The van der Waals surface area contributed by atoms with Crippen molar-refractivity contribution in [1.29, 1.82) is 0 Å². The summed E-state index contributed by atoms with van der Waals surface area (Å²) < 4.78 is 6.30. The molecule has 1 N–H and O–H groups in total. The molecule has 0 fully saturated rings. The predicted molar refractivity (Wildman–Crippen MR) is 76.7 cm³/mol. The lowest BCUT2D eigenvalue weighted by atomic mass is 10.0. The van der Waals surface area contributed by atoms with Crippen molar-refractivity contribution in [3.05, 3.63) is 23.4 Å². The Morgan fingerprint density at radius 2 is 2.26 bits per heavy atom. The first kappa shape index (κ1) is 12.6. The minimum Gasteiger partial charge on any atom is -0.374 e. The number of anilines is 1. The largest absolute Gasteiger partial charge is 0.374 e. The molecule has 0 aromatic carbocycles. The van der Waals surface area contributed by atoms with Gasteiger partial charge in [0.25, 0.3) is 0 Å². The number of imidazole rings is 1. The smallest absolute Gasteiger partial charge is 0.135 e. The highest BCUT2D eigenvalue weighted by Gasteiger charge is 2.17. The van der Waals surface area contributed by atoms with E-state index in [2.05, 4.69) is 31.4 Å². The van der Waals surface area contributed by atoms with E-state index in [-0.39, 0.29) is 0 Å². The number of hydrogen-bond acceptors (Lipinski definition) is 5. The van der Waals surface area contributed by atoms with Crippen molar-refractivity contribution in [3.63, 3.8) is 0 Å². The van der Waals surface area contributed by atoms with Gasteiger partial charge in [-0.05, 0) is 32.1 Å². The highest BCUT2D eigenvalue weighted by molar-refractivity contribution is 7.10. The van der Waals surface area contributed by atoms with Crippen LogP contribution in [0.1, 0.15) is 43.3 Å². The van der Waals surface area contributed by atoms with Gasteiger partial charge in [0.2, 0.25) is 0 Å². The van der Waals surface area contributed by atoms with Gasteiger partial charge in [0, 0.05) is 23.8 Å². The Hall–Kier alpha value is -1.43. The highest BCUT2D eigenvalue weighted by Crippen LogP contribution is 2.23. The maximum Gasteiger partial charge on any atom is 0.135 e. The normalized spacial score (nSPS) is 14.4. The standard InChI is InChI=1S/C13H19N5S/c1-2-7-14-13-11(16-17-19-13)8-18-9-15-10-5-3-4-6-12(10)18/h9,14H,2-8H2,1H3. The molecule has 0 atom stereocenters. The Bertz CT molecular complexity index is 545. The monoisotopic (exact) mass is 277 g/mol. The second kappa shape index (κ2) is 5.69. The maximum absolute atomic E-state index is 4.53. The van der Waals surface area contributed by atoms with Gasteiger partial charge < -0.3 is 9.88 Å². The van der Waals surface area contributed by atoms with Gasteiger partial charge in [-0.1, -0.05) is 11.4 Å². The van der Waals surface area contributed by atoms with E-state index in [1.54, 1.807) is 0 Å². The number of nitrogens with one attached hydrogen (secondary N) is 1. The van der Waals surface area contributed by atoms with Crippen LogP contribution in [0.25, 0.3) is 0 Å². The second-order valence-electron chi connectivity index (χ2n) is 4.95. The van der Waals surface area contributed by atoms with E-state index in [0.717, 1.165) is 43.0 Å². The maximum atomic E-state index is 4.53. The van der Waals surface area contributed by atoms with Crippen LogP contribution < -0.4 is 5.32 Å². The number of hydrogen-bond donors (Lipinski definition) is 1. The van der Waals surface area contributed by atoms with Gasteiger partial charge in [-0.15, -0.1) is 5.10 Å². The van der Waals surface area contributed by atoms with Gasteiger partial charge in [-0.2, -0.15) is 0 Å². The van der Waals surface area contributed by atoms with Crippen LogP contribution in [0.4, 0.5) is 5.00 Å². The first-order chi connectivity index (χ1) is 9.38. The van der Waals surface area contributed by atoms with Gasteiger partial charge in [0.1, 0.15) is 10.7 Å². The van der Waals surface area contributed by atoms with E-state index in [1.165, 1.54) is 35.8 Å². The van der Waals surface area contributed by atoms with Crippen LogP contribution in [-0.4, -0.2) is 25.7 Å². The second-order valence-corrected chi connectivity index (χ2v) is 5.70. The lowest BCUT2D eigenvalue weighted by Gasteiger charge is -2.13. The molecule has 0 saturated heterocycles. The van der Waals surface area contributed by atoms with E-state index in [0.29, 0.717) is 0 Å². The SMILES string of the molecule is CCCNc1snnc1Cn1cnc2c1CCCC2. The van der Waals surface area contributed by atoms with E-state index in [9.17, 15) is 0 Å². The van der Waals surface area contributed by atoms with Crippen molar-refractivity contribution < 1.29 is 0 Å². The molecule has 1 aliphatic rings. The first-order valence-electron chi connectivity index (χ1n) is 6.96. The molecular weight excluding hydrogens is 258 g/mol. The fourth-order valence-corrected chi connectivity index (χ4v) is 3.11. The molecule has 1 aliphatic carbocycles. The van der Waals surface area contributed by atoms with Crippen LogP contribution >= 0.6 is 11.5 Å². The lowest BCUT2D eigenvalue weighted by Crippen LogP contribution is -2.10. The zero-order valence-electron chi connectivity index (χ0n) is 11.2. The van der Waals surface area contributed by atoms with E-state index in [4.69, 9.17) is 0 Å². The molecule has 0 aliphatic heterocycles. The zero-order valence-corrected chi connectivity index (χ0v) is 12.0. The molecule has 102 valence electrons.